The quantitative estimate of drug-likeness (QED) is 0.797. The summed E-state index contributed by atoms with van der Waals surface area (Å²) < 4.78 is 47.5. The molecule has 0 aromatic rings. The van der Waals surface area contributed by atoms with Crippen LogP contribution in [0, 0.1) is 5.41 Å². The predicted octanol–water partition coefficient (Wildman–Crippen LogP) is 3.49. The van der Waals surface area contributed by atoms with E-state index in [1.54, 1.807) is 6.20 Å². The summed E-state index contributed by atoms with van der Waals surface area (Å²) in [5.41, 5.74) is -1.82. The number of nitrogens with one attached hydrogen (secondary N) is 2. The normalized spacial score (nSPS) is 31.5. The van der Waals surface area contributed by atoms with Crippen molar-refractivity contribution in [3.05, 3.63) is 35.6 Å². The van der Waals surface area contributed by atoms with Gasteiger partial charge >= 0.3 is 6.18 Å². The van der Waals surface area contributed by atoms with Crippen LogP contribution in [0.3, 0.4) is 0 Å². The van der Waals surface area contributed by atoms with Gasteiger partial charge in [0.25, 0.3) is 0 Å². The van der Waals surface area contributed by atoms with E-state index in [2.05, 4.69) is 15.6 Å². The number of fused-ring (bicyclic) bond motifs is 1. The molecule has 2 unspecified atom stereocenters. The largest absolute Gasteiger partial charge is 0.415 e. The number of allylic oxidation sites excluding steroid dienone is 3. The zero-order valence-corrected chi connectivity index (χ0v) is 15.2. The SMILES string of the molecule is CCNCC12CC=CNC1=NCC1(CC=C(CC)C=C1C(F)(F)F)OC2. The first-order chi connectivity index (χ1) is 12.4. The molecule has 0 aromatic heterocycles. The fourth-order valence-electron chi connectivity index (χ4n) is 3.77. The van der Waals surface area contributed by atoms with E-state index in [4.69, 9.17) is 4.74 Å². The topological polar surface area (TPSA) is 45.7 Å². The third-order valence-corrected chi connectivity index (χ3v) is 5.41. The molecular formula is C19H26F3N3O. The molecule has 0 amide bonds. The maximum absolute atomic E-state index is 13.8. The van der Waals surface area contributed by atoms with Gasteiger partial charge in [-0.15, -0.1) is 0 Å². The summed E-state index contributed by atoms with van der Waals surface area (Å²) in [6.45, 7) is 5.41. The maximum Gasteiger partial charge on any atom is 0.415 e. The summed E-state index contributed by atoms with van der Waals surface area (Å²) in [6.07, 6.45) is 3.90. The lowest BCUT2D eigenvalue weighted by molar-refractivity contribution is -0.135. The fraction of sp³-hybridized carbons (Fsp3) is 0.632. The maximum atomic E-state index is 13.8. The number of halogens is 3. The first-order valence-corrected chi connectivity index (χ1v) is 9.15. The van der Waals surface area contributed by atoms with Crippen LogP contribution in [0.2, 0.25) is 0 Å². The Morgan fingerprint density at radius 1 is 1.31 bits per heavy atom. The molecule has 1 spiro atoms. The van der Waals surface area contributed by atoms with E-state index in [1.807, 2.05) is 26.0 Å². The summed E-state index contributed by atoms with van der Waals surface area (Å²) in [5.74, 6) is 0.713. The highest BCUT2D eigenvalue weighted by Gasteiger charge is 2.53. The second-order valence-corrected chi connectivity index (χ2v) is 7.15. The highest BCUT2D eigenvalue weighted by Crippen LogP contribution is 2.45. The average molecular weight is 369 g/mol. The third-order valence-electron chi connectivity index (χ3n) is 5.41. The van der Waals surface area contributed by atoms with Crippen LogP contribution in [0.15, 0.2) is 40.6 Å². The standard InChI is InChI=1S/C19H26F3N3O/c1-3-14-6-8-18(15(10-14)19(20,21)22)12-25-16-17(13-26-18,11-23-4-2)7-5-9-24-16/h5-6,9-10,23H,3-4,7-8,11-13H2,1-2H3,(H,24,25). The van der Waals surface area contributed by atoms with Crippen LogP contribution in [-0.2, 0) is 4.74 Å². The molecule has 2 atom stereocenters. The minimum absolute atomic E-state index is 0.0319. The highest BCUT2D eigenvalue weighted by molar-refractivity contribution is 5.90. The first-order valence-electron chi connectivity index (χ1n) is 9.15. The highest BCUT2D eigenvalue weighted by atomic mass is 19.4. The second-order valence-electron chi connectivity index (χ2n) is 7.15. The Balaban J connectivity index is 1.95. The van der Waals surface area contributed by atoms with Crippen LogP contribution in [0.5, 0.6) is 0 Å². The van der Waals surface area contributed by atoms with Gasteiger partial charge in [-0.2, -0.15) is 13.2 Å². The van der Waals surface area contributed by atoms with Crippen molar-refractivity contribution >= 4 is 5.84 Å². The monoisotopic (exact) mass is 369 g/mol. The number of alkyl halides is 3. The zero-order chi connectivity index (χ0) is 18.8. The molecule has 0 saturated heterocycles. The lowest BCUT2D eigenvalue weighted by atomic mass is 9.81. The van der Waals surface area contributed by atoms with Gasteiger partial charge in [-0.1, -0.05) is 31.6 Å². The summed E-state index contributed by atoms with van der Waals surface area (Å²) in [6, 6.07) is 0. The van der Waals surface area contributed by atoms with Gasteiger partial charge in [0.2, 0.25) is 0 Å². The minimum Gasteiger partial charge on any atom is -0.367 e. The van der Waals surface area contributed by atoms with Gasteiger partial charge < -0.3 is 15.4 Å². The molecule has 1 aliphatic carbocycles. The van der Waals surface area contributed by atoms with Gasteiger partial charge in [-0.25, -0.2) is 0 Å². The van der Waals surface area contributed by atoms with Crippen molar-refractivity contribution in [2.45, 2.75) is 44.9 Å². The van der Waals surface area contributed by atoms with E-state index >= 15 is 0 Å². The molecule has 2 aliphatic heterocycles. The molecule has 4 nitrogen and oxygen atoms in total. The summed E-state index contributed by atoms with van der Waals surface area (Å²) in [7, 11) is 0. The smallest absolute Gasteiger partial charge is 0.367 e. The molecule has 26 heavy (non-hydrogen) atoms. The van der Waals surface area contributed by atoms with Gasteiger partial charge in [-0.05, 0) is 31.7 Å². The van der Waals surface area contributed by atoms with Crippen molar-refractivity contribution in [1.29, 1.82) is 0 Å². The number of rotatable bonds is 4. The number of amidine groups is 1. The molecule has 0 bridgehead atoms. The molecule has 0 aromatic carbocycles. The molecular weight excluding hydrogens is 343 g/mol. The Labute approximate surface area is 152 Å². The van der Waals surface area contributed by atoms with Gasteiger partial charge in [0.05, 0.1) is 24.1 Å². The molecule has 2 N–H and O–H groups in total. The number of hydrogen-bond donors (Lipinski definition) is 2. The number of aliphatic imine (C=N–C) groups is 1. The Hall–Kier alpha value is -1.60. The van der Waals surface area contributed by atoms with E-state index < -0.39 is 22.8 Å². The second kappa shape index (κ2) is 7.19. The first kappa shape index (κ1) is 19.2. The molecule has 3 rings (SSSR count). The van der Waals surface area contributed by atoms with Crippen LogP contribution in [0.4, 0.5) is 13.2 Å². The molecule has 0 fully saturated rings. The number of ether oxygens (including phenoxy) is 1. The van der Waals surface area contributed by atoms with Gasteiger partial charge in [0, 0.05) is 13.0 Å². The van der Waals surface area contributed by atoms with Crippen LogP contribution >= 0.6 is 0 Å². The number of nitrogens with zero attached hydrogens (tertiary/aromatic N) is 1. The lowest BCUT2D eigenvalue weighted by Crippen LogP contribution is -2.51. The summed E-state index contributed by atoms with van der Waals surface area (Å²) >= 11 is 0. The van der Waals surface area contributed by atoms with E-state index in [0.29, 0.717) is 30.8 Å². The lowest BCUT2D eigenvalue weighted by Gasteiger charge is -2.39. The van der Waals surface area contributed by atoms with E-state index in [1.165, 1.54) is 6.08 Å². The van der Waals surface area contributed by atoms with E-state index in [-0.39, 0.29) is 19.6 Å². The van der Waals surface area contributed by atoms with Crippen LogP contribution in [0.1, 0.15) is 33.1 Å². The molecule has 7 heteroatoms. The Bertz CT molecular complexity index is 665. The Kier molecular flexibility index (Phi) is 5.30. The third kappa shape index (κ3) is 3.47. The zero-order valence-electron chi connectivity index (χ0n) is 15.2. The minimum atomic E-state index is -4.44. The van der Waals surface area contributed by atoms with Gasteiger partial charge in [0.15, 0.2) is 0 Å². The van der Waals surface area contributed by atoms with Crippen molar-refractivity contribution in [3.8, 4) is 0 Å². The van der Waals surface area contributed by atoms with E-state index in [9.17, 15) is 13.2 Å². The average Bonchev–Trinajstić information content (AvgIpc) is 2.78. The van der Waals surface area contributed by atoms with Gasteiger partial charge in [0.1, 0.15) is 11.4 Å². The molecule has 0 saturated carbocycles. The Morgan fingerprint density at radius 3 is 2.81 bits per heavy atom. The van der Waals surface area contributed by atoms with Crippen molar-refractivity contribution < 1.29 is 17.9 Å². The van der Waals surface area contributed by atoms with Crippen molar-refractivity contribution in [3.63, 3.8) is 0 Å². The van der Waals surface area contributed by atoms with Crippen LogP contribution in [0.25, 0.3) is 0 Å². The molecule has 0 radical (unpaired) electrons. The van der Waals surface area contributed by atoms with Gasteiger partial charge in [-0.3, -0.25) is 4.99 Å². The summed E-state index contributed by atoms with van der Waals surface area (Å²) in [4.78, 5) is 4.58. The Morgan fingerprint density at radius 2 is 2.12 bits per heavy atom. The van der Waals surface area contributed by atoms with Crippen LogP contribution in [-0.4, -0.2) is 43.9 Å². The van der Waals surface area contributed by atoms with Crippen molar-refractivity contribution in [2.75, 3.05) is 26.2 Å². The van der Waals surface area contributed by atoms with Crippen LogP contribution < -0.4 is 10.6 Å². The number of hydrogen-bond acceptors (Lipinski definition) is 4. The van der Waals surface area contributed by atoms with E-state index in [0.717, 1.165) is 6.54 Å². The van der Waals surface area contributed by atoms with Crippen molar-refractivity contribution in [1.82, 2.24) is 10.6 Å². The summed E-state index contributed by atoms with van der Waals surface area (Å²) in [5, 5.41) is 6.44. The molecule has 144 valence electrons. The molecule has 2 heterocycles. The van der Waals surface area contributed by atoms with Crippen molar-refractivity contribution in [2.24, 2.45) is 10.4 Å². The fourth-order valence-corrected chi connectivity index (χ4v) is 3.77. The predicted molar refractivity (Wildman–Crippen MR) is 96.0 cm³/mol. The molecule has 3 aliphatic rings.